The fraction of sp³-hybridized carbons (Fsp3) is 0.440. The molecule has 0 atom stereocenters. The fourth-order valence-electron chi connectivity index (χ4n) is 3.37. The van der Waals surface area contributed by atoms with E-state index in [1.54, 1.807) is 18.2 Å². The number of benzene rings is 2. The molecule has 6 heteroatoms. The van der Waals surface area contributed by atoms with Gasteiger partial charge in [0.15, 0.2) is 0 Å². The van der Waals surface area contributed by atoms with Crippen LogP contribution in [0.2, 0.25) is 0 Å². The summed E-state index contributed by atoms with van der Waals surface area (Å²) in [4.78, 5) is 14.7. The van der Waals surface area contributed by atoms with Gasteiger partial charge < -0.3 is 14.4 Å². The highest BCUT2D eigenvalue weighted by Crippen LogP contribution is 2.19. The second kappa shape index (κ2) is 11.9. The smallest absolute Gasteiger partial charge is 0.254 e. The maximum atomic E-state index is 13.5. The van der Waals surface area contributed by atoms with Crippen molar-refractivity contribution in [2.24, 2.45) is 0 Å². The molecule has 0 bridgehead atoms. The maximum absolute atomic E-state index is 13.5. The molecule has 0 aromatic heterocycles. The molecule has 31 heavy (non-hydrogen) atoms. The van der Waals surface area contributed by atoms with E-state index in [9.17, 15) is 9.18 Å². The summed E-state index contributed by atoms with van der Waals surface area (Å²) in [5, 5.41) is 8.74. The van der Waals surface area contributed by atoms with Crippen LogP contribution in [0.4, 0.5) is 4.39 Å². The average Bonchev–Trinajstić information content (AvgIpc) is 2.73. The zero-order chi connectivity index (χ0) is 22.8. The van der Waals surface area contributed by atoms with Gasteiger partial charge in [-0.3, -0.25) is 4.79 Å². The van der Waals surface area contributed by atoms with Crippen molar-refractivity contribution < 1.29 is 18.7 Å². The Labute approximate surface area is 184 Å². The van der Waals surface area contributed by atoms with Gasteiger partial charge >= 0.3 is 0 Å². The highest BCUT2D eigenvalue weighted by molar-refractivity contribution is 5.95. The van der Waals surface area contributed by atoms with E-state index in [4.69, 9.17) is 14.7 Å². The maximum Gasteiger partial charge on any atom is 0.254 e. The van der Waals surface area contributed by atoms with Gasteiger partial charge in [0.2, 0.25) is 0 Å². The van der Waals surface area contributed by atoms with Gasteiger partial charge in [-0.25, -0.2) is 4.39 Å². The molecule has 0 heterocycles. The van der Waals surface area contributed by atoms with Gasteiger partial charge in [0.05, 0.1) is 18.8 Å². The van der Waals surface area contributed by atoms with Crippen molar-refractivity contribution in [3.63, 3.8) is 0 Å². The monoisotopic (exact) mass is 426 g/mol. The summed E-state index contributed by atoms with van der Waals surface area (Å²) in [6, 6.07) is 13.6. The van der Waals surface area contributed by atoms with E-state index in [2.05, 4.69) is 0 Å². The number of ether oxygens (including phenoxy) is 2. The molecule has 0 saturated heterocycles. The number of halogens is 1. The van der Waals surface area contributed by atoms with Crippen molar-refractivity contribution in [2.45, 2.75) is 59.0 Å². The number of amides is 1. The summed E-state index contributed by atoms with van der Waals surface area (Å²) in [5.41, 5.74) is 0.638. The molecule has 0 aliphatic heterocycles. The van der Waals surface area contributed by atoms with Crippen molar-refractivity contribution in [1.82, 2.24) is 4.90 Å². The third kappa shape index (κ3) is 7.29. The molecule has 0 spiro atoms. The number of rotatable bonds is 11. The molecule has 0 fully saturated rings. The molecule has 2 rings (SSSR count). The lowest BCUT2D eigenvalue weighted by atomic mass is 10.1. The van der Waals surface area contributed by atoms with Crippen LogP contribution in [0.1, 0.15) is 62.9 Å². The van der Waals surface area contributed by atoms with Crippen LogP contribution < -0.4 is 9.47 Å². The number of hydrogen-bond acceptors (Lipinski definition) is 4. The van der Waals surface area contributed by atoms with Crippen LogP contribution in [0, 0.1) is 17.1 Å². The topological polar surface area (TPSA) is 62.6 Å². The largest absolute Gasteiger partial charge is 0.494 e. The summed E-state index contributed by atoms with van der Waals surface area (Å²) in [5.74, 6) is 0.541. The van der Waals surface area contributed by atoms with Crippen LogP contribution in [-0.4, -0.2) is 36.1 Å². The summed E-state index contributed by atoms with van der Waals surface area (Å²) in [6.45, 7) is 9.07. The summed E-state index contributed by atoms with van der Waals surface area (Å²) in [6.07, 6.45) is 2.54. The molecule has 5 nitrogen and oxygen atoms in total. The normalized spacial score (nSPS) is 10.8. The van der Waals surface area contributed by atoms with Gasteiger partial charge in [0, 0.05) is 23.7 Å². The Bertz CT molecular complexity index is 898. The van der Waals surface area contributed by atoms with E-state index in [1.807, 2.05) is 50.8 Å². The SMILES string of the molecule is CC(C)N(C(=O)c1cccc(OCCCCCOc2ccc(C#N)c(F)c2)c1)C(C)C. The van der Waals surface area contributed by atoms with Crippen LogP contribution >= 0.6 is 0 Å². The number of hydrogen-bond donors (Lipinski definition) is 0. The van der Waals surface area contributed by atoms with Crippen molar-refractivity contribution >= 4 is 5.91 Å². The van der Waals surface area contributed by atoms with Crippen LogP contribution in [0.15, 0.2) is 42.5 Å². The molecule has 1 amide bonds. The minimum absolute atomic E-state index is 0.00633. The third-order valence-corrected chi connectivity index (χ3v) is 4.82. The van der Waals surface area contributed by atoms with Gasteiger partial charge in [-0.15, -0.1) is 0 Å². The molecule has 0 saturated carbocycles. The minimum Gasteiger partial charge on any atom is -0.494 e. The Kier molecular flexibility index (Phi) is 9.33. The van der Waals surface area contributed by atoms with Crippen LogP contribution in [-0.2, 0) is 0 Å². The van der Waals surface area contributed by atoms with Gasteiger partial charge in [-0.05, 0) is 77.3 Å². The highest BCUT2D eigenvalue weighted by Gasteiger charge is 2.21. The van der Waals surface area contributed by atoms with Gasteiger partial charge in [0.25, 0.3) is 5.91 Å². The Morgan fingerprint density at radius 1 is 0.968 bits per heavy atom. The third-order valence-electron chi connectivity index (χ3n) is 4.82. The lowest BCUT2D eigenvalue weighted by molar-refractivity contribution is 0.0643. The summed E-state index contributed by atoms with van der Waals surface area (Å²) < 4.78 is 24.9. The van der Waals surface area contributed by atoms with Crippen LogP contribution in [0.3, 0.4) is 0 Å². The minimum atomic E-state index is -0.570. The first-order valence-electron chi connectivity index (χ1n) is 10.7. The molecular weight excluding hydrogens is 395 g/mol. The number of nitriles is 1. The quantitative estimate of drug-likeness (QED) is 0.440. The molecule has 166 valence electrons. The zero-order valence-electron chi connectivity index (χ0n) is 18.7. The number of unbranched alkanes of at least 4 members (excludes halogenated alkanes) is 2. The van der Waals surface area contributed by atoms with E-state index in [-0.39, 0.29) is 23.6 Å². The van der Waals surface area contributed by atoms with Gasteiger partial charge in [0.1, 0.15) is 23.4 Å². The number of carbonyl (C=O) groups excluding carboxylic acids is 1. The van der Waals surface area contributed by atoms with E-state index >= 15 is 0 Å². The molecule has 0 aliphatic carbocycles. The first-order chi connectivity index (χ1) is 14.8. The Morgan fingerprint density at radius 3 is 2.13 bits per heavy atom. The van der Waals surface area contributed by atoms with E-state index in [0.717, 1.165) is 19.3 Å². The fourth-order valence-corrected chi connectivity index (χ4v) is 3.37. The number of nitrogens with zero attached hydrogens (tertiary/aromatic N) is 2. The van der Waals surface area contributed by atoms with Gasteiger partial charge in [-0.2, -0.15) is 5.26 Å². The Hall–Kier alpha value is -3.07. The summed E-state index contributed by atoms with van der Waals surface area (Å²) >= 11 is 0. The highest BCUT2D eigenvalue weighted by atomic mass is 19.1. The predicted octanol–water partition coefficient (Wildman–Crippen LogP) is 5.58. The van der Waals surface area contributed by atoms with E-state index in [1.165, 1.54) is 12.1 Å². The molecule has 0 aliphatic rings. The lowest BCUT2D eigenvalue weighted by Gasteiger charge is -2.31. The molecule has 0 unspecified atom stereocenters. The Balaban J connectivity index is 1.73. The first kappa shape index (κ1) is 24.2. The summed E-state index contributed by atoms with van der Waals surface area (Å²) in [7, 11) is 0. The van der Waals surface area contributed by atoms with Crippen LogP contribution in [0.5, 0.6) is 11.5 Å². The second-order valence-corrected chi connectivity index (χ2v) is 7.94. The zero-order valence-corrected chi connectivity index (χ0v) is 18.7. The molecule has 2 aromatic carbocycles. The van der Waals surface area contributed by atoms with Crippen LogP contribution in [0.25, 0.3) is 0 Å². The standard InChI is InChI=1S/C25H31FN2O3/c1-18(2)28(19(3)4)25(29)20-9-8-10-22(15-20)30-13-6-5-7-14-31-23-12-11-21(17-27)24(26)16-23/h8-12,15-16,18-19H,5-7,13-14H2,1-4H3. The second-order valence-electron chi connectivity index (χ2n) is 7.94. The Morgan fingerprint density at radius 2 is 1.58 bits per heavy atom. The molecular formula is C25H31FN2O3. The average molecular weight is 427 g/mol. The molecule has 0 radical (unpaired) electrons. The van der Waals surface area contributed by atoms with Gasteiger partial charge in [-0.1, -0.05) is 6.07 Å². The van der Waals surface area contributed by atoms with E-state index in [0.29, 0.717) is 30.3 Å². The predicted molar refractivity (Wildman–Crippen MR) is 119 cm³/mol. The molecule has 2 aromatic rings. The van der Waals surface area contributed by atoms with Crippen molar-refractivity contribution in [3.8, 4) is 17.6 Å². The number of carbonyl (C=O) groups is 1. The first-order valence-corrected chi connectivity index (χ1v) is 10.7. The molecule has 0 N–H and O–H groups in total. The lowest BCUT2D eigenvalue weighted by Crippen LogP contribution is -2.42. The van der Waals surface area contributed by atoms with Crippen molar-refractivity contribution in [2.75, 3.05) is 13.2 Å². The van der Waals surface area contributed by atoms with Crippen molar-refractivity contribution in [3.05, 3.63) is 59.4 Å². The van der Waals surface area contributed by atoms with E-state index < -0.39 is 5.82 Å². The van der Waals surface area contributed by atoms with Crippen molar-refractivity contribution in [1.29, 1.82) is 5.26 Å².